The third-order valence-electron chi connectivity index (χ3n) is 3.69. The summed E-state index contributed by atoms with van der Waals surface area (Å²) in [5.41, 5.74) is 6.93. The van der Waals surface area contributed by atoms with Gasteiger partial charge in [0.15, 0.2) is 0 Å². The predicted molar refractivity (Wildman–Crippen MR) is 79.6 cm³/mol. The fourth-order valence-electron chi connectivity index (χ4n) is 2.63. The van der Waals surface area contributed by atoms with E-state index in [9.17, 15) is 4.79 Å². The average molecular weight is 283 g/mol. The fourth-order valence-corrected chi connectivity index (χ4v) is 2.63. The van der Waals surface area contributed by atoms with Crippen molar-refractivity contribution in [1.82, 2.24) is 19.9 Å². The molecule has 1 aliphatic rings. The first-order valence-electron chi connectivity index (χ1n) is 7.08. The predicted octanol–water partition coefficient (Wildman–Crippen LogP) is 0.894. The number of fused-ring (bicyclic) bond motifs is 1. The highest BCUT2D eigenvalue weighted by atomic mass is 16.1. The molecule has 0 radical (unpaired) electrons. The number of hydrogen-bond acceptors (Lipinski definition) is 4. The topological polar surface area (TPSA) is 87.9 Å². The smallest absolute Gasteiger partial charge is 0.252 e. The Morgan fingerprint density at radius 3 is 2.95 bits per heavy atom. The number of aromatic nitrogens is 3. The number of hydrogen-bond donors (Lipinski definition) is 2. The lowest BCUT2D eigenvalue weighted by molar-refractivity contribution is 0.100. The molecule has 0 aromatic carbocycles. The molecule has 0 atom stereocenters. The van der Waals surface area contributed by atoms with Crippen LogP contribution in [0.4, 0.5) is 0 Å². The van der Waals surface area contributed by atoms with E-state index in [-0.39, 0.29) is 0 Å². The van der Waals surface area contributed by atoms with Gasteiger partial charge in [-0.1, -0.05) is 12.3 Å². The van der Waals surface area contributed by atoms with E-state index in [0.717, 1.165) is 13.1 Å². The van der Waals surface area contributed by atoms with Crippen molar-refractivity contribution in [3.63, 3.8) is 0 Å². The Labute approximate surface area is 122 Å². The molecule has 108 valence electrons. The third-order valence-corrected chi connectivity index (χ3v) is 3.69. The van der Waals surface area contributed by atoms with Crippen LogP contribution in [-0.4, -0.2) is 45.4 Å². The second-order valence-corrected chi connectivity index (χ2v) is 5.16. The quantitative estimate of drug-likeness (QED) is 0.801. The number of likely N-dealkylation sites (tertiary alicyclic amines) is 1. The monoisotopic (exact) mass is 283 g/mol. The standard InChI is InChI=1S/C15H17N5O/c16-14(21)13-11-9-17-10-18-15(11)19-12(13)5-4-8-20-6-2-1-3-7-20/h9-10H,1-3,6-8H2,(H2,16,21)(H,17,18,19). The molecular formula is C15H17N5O. The van der Waals surface area contributed by atoms with Gasteiger partial charge in [0, 0.05) is 6.20 Å². The first kappa shape index (κ1) is 13.6. The van der Waals surface area contributed by atoms with E-state index >= 15 is 0 Å². The second kappa shape index (κ2) is 5.94. The van der Waals surface area contributed by atoms with Gasteiger partial charge in [-0.25, -0.2) is 9.97 Å². The zero-order chi connectivity index (χ0) is 14.7. The van der Waals surface area contributed by atoms with E-state index in [0.29, 0.717) is 28.8 Å². The van der Waals surface area contributed by atoms with Crippen molar-refractivity contribution in [2.75, 3.05) is 19.6 Å². The van der Waals surface area contributed by atoms with Gasteiger partial charge in [0.25, 0.3) is 5.91 Å². The van der Waals surface area contributed by atoms with Crippen molar-refractivity contribution in [3.8, 4) is 11.8 Å². The Hall–Kier alpha value is -2.39. The van der Waals surface area contributed by atoms with Crippen molar-refractivity contribution < 1.29 is 4.79 Å². The fraction of sp³-hybridized carbons (Fsp3) is 0.400. The van der Waals surface area contributed by atoms with Crippen LogP contribution in [-0.2, 0) is 0 Å². The highest BCUT2D eigenvalue weighted by Gasteiger charge is 2.15. The van der Waals surface area contributed by atoms with E-state index in [2.05, 4.69) is 31.7 Å². The summed E-state index contributed by atoms with van der Waals surface area (Å²) in [6, 6.07) is 0. The molecule has 1 fully saturated rings. The third kappa shape index (κ3) is 2.88. The van der Waals surface area contributed by atoms with Crippen LogP contribution < -0.4 is 5.73 Å². The van der Waals surface area contributed by atoms with Gasteiger partial charge in [-0.05, 0) is 31.9 Å². The van der Waals surface area contributed by atoms with Crippen LogP contribution in [0, 0.1) is 11.8 Å². The number of H-pyrrole nitrogens is 1. The second-order valence-electron chi connectivity index (χ2n) is 5.16. The summed E-state index contributed by atoms with van der Waals surface area (Å²) < 4.78 is 0. The number of piperidine rings is 1. The van der Waals surface area contributed by atoms with Gasteiger partial charge in [-0.2, -0.15) is 0 Å². The molecule has 1 aliphatic heterocycles. The lowest BCUT2D eigenvalue weighted by Crippen LogP contribution is -2.29. The minimum Gasteiger partial charge on any atom is -0.365 e. The maximum absolute atomic E-state index is 11.6. The number of nitrogens with zero attached hydrogens (tertiary/aromatic N) is 3. The summed E-state index contributed by atoms with van der Waals surface area (Å²) in [4.78, 5) is 25.0. The zero-order valence-electron chi connectivity index (χ0n) is 11.7. The van der Waals surface area contributed by atoms with Gasteiger partial charge in [-0.15, -0.1) is 0 Å². The summed E-state index contributed by atoms with van der Waals surface area (Å²) in [6.45, 7) is 2.89. The number of amides is 1. The van der Waals surface area contributed by atoms with Gasteiger partial charge in [0.2, 0.25) is 0 Å². The highest BCUT2D eigenvalue weighted by Crippen LogP contribution is 2.18. The zero-order valence-corrected chi connectivity index (χ0v) is 11.7. The number of primary amides is 1. The molecule has 0 aliphatic carbocycles. The maximum Gasteiger partial charge on any atom is 0.252 e. The van der Waals surface area contributed by atoms with Crippen LogP contribution in [0.2, 0.25) is 0 Å². The summed E-state index contributed by atoms with van der Waals surface area (Å²) >= 11 is 0. The number of carbonyl (C=O) groups is 1. The van der Waals surface area contributed by atoms with Gasteiger partial charge < -0.3 is 10.7 Å². The lowest BCUT2D eigenvalue weighted by Gasteiger charge is -2.23. The molecule has 1 amide bonds. The van der Waals surface area contributed by atoms with Gasteiger partial charge in [0.1, 0.15) is 17.7 Å². The first-order valence-corrected chi connectivity index (χ1v) is 7.08. The van der Waals surface area contributed by atoms with Crippen LogP contribution in [0.3, 0.4) is 0 Å². The molecule has 1 saturated heterocycles. The van der Waals surface area contributed by atoms with E-state index in [1.807, 2.05) is 0 Å². The molecule has 21 heavy (non-hydrogen) atoms. The molecule has 6 nitrogen and oxygen atoms in total. The number of aromatic amines is 1. The van der Waals surface area contributed by atoms with Crippen molar-refractivity contribution in [1.29, 1.82) is 0 Å². The molecule has 3 heterocycles. The lowest BCUT2D eigenvalue weighted by atomic mass is 10.1. The Kier molecular flexibility index (Phi) is 3.84. The summed E-state index contributed by atoms with van der Waals surface area (Å²) in [6.07, 6.45) is 6.77. The number of nitrogens with two attached hydrogens (primary N) is 1. The first-order chi connectivity index (χ1) is 10.3. The number of carbonyl (C=O) groups excluding carboxylic acids is 1. The van der Waals surface area contributed by atoms with Crippen LogP contribution in [0.15, 0.2) is 12.5 Å². The molecule has 6 heteroatoms. The van der Waals surface area contributed by atoms with Crippen LogP contribution in [0.25, 0.3) is 11.0 Å². The highest BCUT2D eigenvalue weighted by molar-refractivity contribution is 6.07. The van der Waals surface area contributed by atoms with Crippen molar-refractivity contribution in [3.05, 3.63) is 23.8 Å². The molecular weight excluding hydrogens is 266 g/mol. The molecule has 0 saturated carbocycles. The minimum atomic E-state index is -0.515. The Morgan fingerprint density at radius 1 is 1.38 bits per heavy atom. The van der Waals surface area contributed by atoms with Gasteiger partial charge in [0.05, 0.1) is 17.5 Å². The van der Waals surface area contributed by atoms with Crippen molar-refractivity contribution in [2.45, 2.75) is 19.3 Å². The Balaban J connectivity index is 1.86. The van der Waals surface area contributed by atoms with Crippen molar-refractivity contribution in [2.24, 2.45) is 5.73 Å². The number of nitrogens with one attached hydrogen (secondary N) is 1. The molecule has 2 aromatic rings. The van der Waals surface area contributed by atoms with Crippen LogP contribution >= 0.6 is 0 Å². The molecule has 0 unspecified atom stereocenters. The molecule has 3 rings (SSSR count). The summed E-state index contributed by atoms with van der Waals surface area (Å²) in [7, 11) is 0. The summed E-state index contributed by atoms with van der Waals surface area (Å²) in [5.74, 6) is 5.62. The molecule has 0 spiro atoms. The largest absolute Gasteiger partial charge is 0.365 e. The molecule has 3 N–H and O–H groups in total. The Morgan fingerprint density at radius 2 is 2.19 bits per heavy atom. The van der Waals surface area contributed by atoms with Crippen molar-refractivity contribution >= 4 is 16.9 Å². The maximum atomic E-state index is 11.6. The number of rotatable bonds is 2. The van der Waals surface area contributed by atoms with Crippen LogP contribution in [0.5, 0.6) is 0 Å². The molecule has 2 aromatic heterocycles. The Bertz CT molecular complexity index is 718. The van der Waals surface area contributed by atoms with Gasteiger partial charge >= 0.3 is 0 Å². The van der Waals surface area contributed by atoms with Crippen LogP contribution in [0.1, 0.15) is 35.3 Å². The van der Waals surface area contributed by atoms with E-state index < -0.39 is 5.91 Å². The van der Waals surface area contributed by atoms with E-state index in [4.69, 9.17) is 5.73 Å². The van der Waals surface area contributed by atoms with E-state index in [1.54, 1.807) is 6.20 Å². The normalized spacial score (nSPS) is 15.6. The average Bonchev–Trinajstić information content (AvgIpc) is 2.86. The molecule has 0 bridgehead atoms. The van der Waals surface area contributed by atoms with Gasteiger partial charge in [-0.3, -0.25) is 9.69 Å². The summed E-state index contributed by atoms with van der Waals surface area (Å²) in [5, 5.41) is 0.618. The minimum absolute atomic E-state index is 0.372. The SMILES string of the molecule is NC(=O)c1c(C#CCN2CCCCC2)[nH]c2ncncc12. The van der Waals surface area contributed by atoms with E-state index in [1.165, 1.54) is 25.6 Å².